The summed E-state index contributed by atoms with van der Waals surface area (Å²) in [6.07, 6.45) is -1.74. The summed E-state index contributed by atoms with van der Waals surface area (Å²) in [4.78, 5) is 27.0. The molecule has 6 rings (SSSR count). The van der Waals surface area contributed by atoms with E-state index in [-0.39, 0.29) is 29.4 Å². The molecule has 2 aliphatic heterocycles. The SMILES string of the molecule is CN1CCN(C(=O)c2ccc(Nc3ncc4ccn(-c5cc(F)c(CN6CCOCC6)c(F)c5)c4n3)cc2C(F)(F)F)CC1. The van der Waals surface area contributed by atoms with Crippen LogP contribution in [0.3, 0.4) is 0 Å². The van der Waals surface area contributed by atoms with Gasteiger partial charge in [-0.25, -0.2) is 13.8 Å². The van der Waals surface area contributed by atoms with Crippen molar-refractivity contribution in [2.24, 2.45) is 0 Å². The van der Waals surface area contributed by atoms with Gasteiger partial charge in [0.2, 0.25) is 5.95 Å². The molecule has 2 aromatic carbocycles. The van der Waals surface area contributed by atoms with E-state index in [2.05, 4.69) is 15.3 Å². The molecule has 1 N–H and O–H groups in total. The minimum atomic E-state index is -4.78. The van der Waals surface area contributed by atoms with Crippen molar-refractivity contribution in [2.45, 2.75) is 12.7 Å². The number of nitrogens with zero attached hydrogens (tertiary/aromatic N) is 6. The Morgan fingerprint density at radius 1 is 0.977 bits per heavy atom. The smallest absolute Gasteiger partial charge is 0.379 e. The largest absolute Gasteiger partial charge is 0.417 e. The van der Waals surface area contributed by atoms with Gasteiger partial charge in [0.15, 0.2) is 0 Å². The van der Waals surface area contributed by atoms with Crippen LogP contribution in [0, 0.1) is 11.6 Å². The number of hydrogen-bond donors (Lipinski definition) is 1. The zero-order valence-electron chi connectivity index (χ0n) is 23.9. The van der Waals surface area contributed by atoms with Crippen molar-refractivity contribution in [3.05, 3.63) is 77.1 Å². The molecule has 0 bridgehead atoms. The van der Waals surface area contributed by atoms with Gasteiger partial charge in [0.25, 0.3) is 5.91 Å². The Bertz CT molecular complexity index is 1660. The quantitative estimate of drug-likeness (QED) is 0.316. The van der Waals surface area contributed by atoms with Crippen LogP contribution in [0.25, 0.3) is 16.7 Å². The first-order chi connectivity index (χ1) is 21.1. The van der Waals surface area contributed by atoms with Crippen molar-refractivity contribution in [2.75, 3.05) is 64.8 Å². The highest BCUT2D eigenvalue weighted by molar-refractivity contribution is 5.96. The summed E-state index contributed by atoms with van der Waals surface area (Å²) in [6, 6.07) is 7.48. The van der Waals surface area contributed by atoms with Gasteiger partial charge >= 0.3 is 6.18 Å². The number of ether oxygens (including phenoxy) is 1. The first-order valence-corrected chi connectivity index (χ1v) is 14.2. The molecule has 0 atom stereocenters. The van der Waals surface area contributed by atoms with Crippen LogP contribution in [0.2, 0.25) is 0 Å². The third-order valence-electron chi connectivity index (χ3n) is 7.92. The molecule has 2 aliphatic rings. The van der Waals surface area contributed by atoms with Gasteiger partial charge in [-0.05, 0) is 43.4 Å². The fourth-order valence-electron chi connectivity index (χ4n) is 5.40. The average Bonchev–Trinajstić information content (AvgIpc) is 3.42. The number of fused-ring (bicyclic) bond motifs is 1. The van der Waals surface area contributed by atoms with E-state index < -0.39 is 34.8 Å². The number of hydrogen-bond acceptors (Lipinski definition) is 7. The number of rotatable bonds is 6. The van der Waals surface area contributed by atoms with Crippen LogP contribution in [-0.4, -0.2) is 94.7 Å². The van der Waals surface area contributed by atoms with Crippen LogP contribution in [0.1, 0.15) is 21.5 Å². The van der Waals surface area contributed by atoms with Crippen LogP contribution in [0.5, 0.6) is 0 Å². The van der Waals surface area contributed by atoms with Crippen molar-refractivity contribution in [3.63, 3.8) is 0 Å². The molecule has 4 heterocycles. The molecule has 0 aliphatic carbocycles. The summed E-state index contributed by atoms with van der Waals surface area (Å²) in [5, 5.41) is 3.33. The monoisotopic (exact) mass is 615 g/mol. The molecule has 0 unspecified atom stereocenters. The van der Waals surface area contributed by atoms with Gasteiger partial charge in [-0.3, -0.25) is 9.69 Å². The Morgan fingerprint density at radius 2 is 1.68 bits per heavy atom. The number of carbonyl (C=O) groups is 1. The van der Waals surface area contributed by atoms with Crippen molar-refractivity contribution >= 4 is 28.6 Å². The molecule has 44 heavy (non-hydrogen) atoms. The van der Waals surface area contributed by atoms with E-state index in [0.717, 1.165) is 12.1 Å². The molecule has 0 spiro atoms. The molecule has 0 radical (unpaired) electrons. The van der Waals surface area contributed by atoms with Crippen LogP contribution >= 0.6 is 0 Å². The van der Waals surface area contributed by atoms with Crippen molar-refractivity contribution < 1.29 is 31.5 Å². The summed E-state index contributed by atoms with van der Waals surface area (Å²) in [5.41, 5.74) is -1.04. The maximum Gasteiger partial charge on any atom is 0.417 e. The Morgan fingerprint density at radius 3 is 2.36 bits per heavy atom. The van der Waals surface area contributed by atoms with Gasteiger partial charge in [0.05, 0.1) is 30.0 Å². The standard InChI is InChI=1S/C30H30F5N7O2/c1-39-6-8-41(9-7-39)28(43)22-3-2-20(14-24(22)30(33,34)35)37-29-36-17-19-4-5-42(27(19)38-29)21-15-25(31)23(26(32)16-21)18-40-10-12-44-13-11-40/h2-5,14-17H,6-13,18H2,1H3,(H,36,37,38). The first-order valence-electron chi connectivity index (χ1n) is 14.2. The van der Waals surface area contributed by atoms with Gasteiger partial charge in [0.1, 0.15) is 17.3 Å². The lowest BCUT2D eigenvalue weighted by Crippen LogP contribution is -2.47. The molecule has 2 fully saturated rings. The number of aromatic nitrogens is 3. The van der Waals surface area contributed by atoms with Crippen LogP contribution in [-0.2, 0) is 17.5 Å². The van der Waals surface area contributed by atoms with Crippen molar-refractivity contribution in [3.8, 4) is 5.69 Å². The molecule has 232 valence electrons. The number of halogens is 5. The fourth-order valence-corrected chi connectivity index (χ4v) is 5.40. The summed E-state index contributed by atoms with van der Waals surface area (Å²) < 4.78 is 79.2. The van der Waals surface area contributed by atoms with E-state index in [1.165, 1.54) is 33.9 Å². The lowest BCUT2D eigenvalue weighted by molar-refractivity contribution is -0.138. The summed E-state index contributed by atoms with van der Waals surface area (Å²) in [5.74, 6) is -2.12. The Balaban J connectivity index is 1.26. The van der Waals surface area contributed by atoms with E-state index in [0.29, 0.717) is 63.5 Å². The summed E-state index contributed by atoms with van der Waals surface area (Å²) in [6.45, 7) is 4.11. The van der Waals surface area contributed by atoms with Crippen molar-refractivity contribution in [1.29, 1.82) is 0 Å². The third-order valence-corrected chi connectivity index (χ3v) is 7.92. The second kappa shape index (κ2) is 12.1. The van der Waals surface area contributed by atoms with Crippen LogP contribution in [0.4, 0.5) is 33.6 Å². The van der Waals surface area contributed by atoms with E-state index in [4.69, 9.17) is 4.74 Å². The number of morpholine rings is 1. The van der Waals surface area contributed by atoms with Gasteiger partial charge in [-0.2, -0.15) is 18.2 Å². The van der Waals surface area contributed by atoms with E-state index in [1.807, 2.05) is 16.8 Å². The van der Waals surface area contributed by atoms with Gasteiger partial charge in [-0.1, -0.05) is 0 Å². The molecule has 4 aromatic rings. The molecule has 2 saturated heterocycles. The minimum Gasteiger partial charge on any atom is -0.379 e. The van der Waals surface area contributed by atoms with E-state index >= 15 is 8.78 Å². The summed E-state index contributed by atoms with van der Waals surface area (Å²) in [7, 11) is 1.89. The Kier molecular flexibility index (Phi) is 8.22. The predicted molar refractivity (Wildman–Crippen MR) is 153 cm³/mol. The average molecular weight is 616 g/mol. The van der Waals surface area contributed by atoms with E-state index in [1.54, 1.807) is 12.3 Å². The number of anilines is 2. The molecule has 14 heteroatoms. The first kappa shape index (κ1) is 29.9. The maximum absolute atomic E-state index is 15.1. The highest BCUT2D eigenvalue weighted by Gasteiger charge is 2.37. The van der Waals surface area contributed by atoms with Crippen LogP contribution in [0.15, 0.2) is 48.8 Å². The number of piperazine rings is 1. The number of benzene rings is 2. The number of nitrogens with one attached hydrogen (secondary N) is 1. The number of likely N-dealkylation sites (N-methyl/N-ethyl adjacent to an activating group) is 1. The van der Waals surface area contributed by atoms with Gasteiger partial charge < -0.3 is 24.4 Å². The maximum atomic E-state index is 15.1. The van der Waals surface area contributed by atoms with E-state index in [9.17, 15) is 18.0 Å². The highest BCUT2D eigenvalue weighted by Crippen LogP contribution is 2.35. The zero-order valence-corrected chi connectivity index (χ0v) is 23.9. The molecular weight excluding hydrogens is 585 g/mol. The second-order valence-electron chi connectivity index (χ2n) is 10.9. The molecule has 2 aromatic heterocycles. The highest BCUT2D eigenvalue weighted by atomic mass is 19.4. The number of alkyl halides is 3. The van der Waals surface area contributed by atoms with Gasteiger partial charge in [-0.15, -0.1) is 0 Å². The Hall–Kier alpha value is -4.14. The third kappa shape index (κ3) is 6.23. The normalized spacial score (nSPS) is 16.9. The molecule has 1 amide bonds. The summed E-state index contributed by atoms with van der Waals surface area (Å²) >= 11 is 0. The number of amides is 1. The number of carbonyl (C=O) groups excluding carboxylic acids is 1. The lowest BCUT2D eigenvalue weighted by Gasteiger charge is -2.33. The molecular formula is C30H30F5N7O2. The topological polar surface area (TPSA) is 78.8 Å². The molecule has 9 nitrogen and oxygen atoms in total. The fraction of sp³-hybridized carbons (Fsp3) is 0.367. The molecule has 0 saturated carbocycles. The second-order valence-corrected chi connectivity index (χ2v) is 10.9. The lowest BCUT2D eigenvalue weighted by atomic mass is 10.0. The van der Waals surface area contributed by atoms with Crippen LogP contribution < -0.4 is 5.32 Å². The Labute approximate surface area is 249 Å². The zero-order chi connectivity index (χ0) is 31.0. The van der Waals surface area contributed by atoms with Crippen molar-refractivity contribution in [1.82, 2.24) is 29.2 Å². The van der Waals surface area contributed by atoms with Gasteiger partial charge in [0, 0.05) is 74.8 Å². The minimum absolute atomic E-state index is 0.0225. The predicted octanol–water partition coefficient (Wildman–Crippen LogP) is 4.68.